The summed E-state index contributed by atoms with van der Waals surface area (Å²) < 4.78 is 25.1. The Bertz CT molecular complexity index is 1480. The number of fused-ring (bicyclic) bond motifs is 6. The molecule has 2 saturated carbocycles. The molecule has 4 heterocycles. The van der Waals surface area contributed by atoms with Gasteiger partial charge in [0, 0.05) is 40.9 Å². The first-order valence-corrected chi connectivity index (χ1v) is 14.1. The third kappa shape index (κ3) is 3.59. The van der Waals surface area contributed by atoms with Crippen LogP contribution in [0.1, 0.15) is 63.6 Å². The molecule has 1 aromatic carbocycles. The second kappa shape index (κ2) is 8.98. The van der Waals surface area contributed by atoms with E-state index in [1.807, 2.05) is 37.3 Å². The van der Waals surface area contributed by atoms with Gasteiger partial charge in [-0.3, -0.25) is 4.98 Å². The van der Waals surface area contributed by atoms with Gasteiger partial charge >= 0.3 is 5.63 Å². The molecule has 8 heteroatoms. The topological polar surface area (TPSA) is 111 Å². The molecule has 0 spiro atoms. The number of aliphatic hydroxyl groups excluding tert-OH is 2. The Labute approximate surface area is 232 Å². The minimum atomic E-state index is -1.17. The van der Waals surface area contributed by atoms with Crippen LogP contribution in [0.15, 0.2) is 70.1 Å². The zero-order valence-corrected chi connectivity index (χ0v) is 22.9. The number of rotatable bonds is 2. The van der Waals surface area contributed by atoms with E-state index in [0.717, 1.165) is 18.4 Å². The van der Waals surface area contributed by atoms with Gasteiger partial charge in [-0.25, -0.2) is 4.79 Å². The zero-order chi connectivity index (χ0) is 27.9. The lowest BCUT2D eigenvalue weighted by atomic mass is 9.42. The van der Waals surface area contributed by atoms with Crippen LogP contribution in [0.3, 0.4) is 0 Å². The Morgan fingerprint density at radius 1 is 1.02 bits per heavy atom. The van der Waals surface area contributed by atoms with Crippen molar-refractivity contribution in [3.05, 3.63) is 82.5 Å². The Morgan fingerprint density at radius 3 is 2.58 bits per heavy atom. The summed E-state index contributed by atoms with van der Waals surface area (Å²) >= 11 is 0. The molecular weight excluding hydrogens is 510 g/mol. The molecular formula is C32H35NO7. The highest BCUT2D eigenvalue weighted by Gasteiger charge is 2.70. The molecule has 7 rings (SSSR count). The van der Waals surface area contributed by atoms with Crippen LogP contribution in [-0.4, -0.2) is 39.6 Å². The fraction of sp³-hybridized carbons (Fsp3) is 0.500. The number of benzene rings is 1. The van der Waals surface area contributed by atoms with Crippen molar-refractivity contribution in [2.45, 2.75) is 70.2 Å². The molecule has 0 bridgehead atoms. The zero-order valence-electron chi connectivity index (χ0n) is 22.9. The maximum atomic E-state index is 13.3. The second-order valence-corrected chi connectivity index (χ2v) is 12.7. The van der Waals surface area contributed by atoms with Crippen LogP contribution in [0.5, 0.6) is 5.75 Å². The van der Waals surface area contributed by atoms with Crippen molar-refractivity contribution in [1.82, 2.24) is 4.98 Å². The summed E-state index contributed by atoms with van der Waals surface area (Å²) in [4.78, 5) is 17.4. The fourth-order valence-corrected chi connectivity index (χ4v) is 8.49. The van der Waals surface area contributed by atoms with Crippen LogP contribution in [0.2, 0.25) is 0 Å². The first kappa shape index (κ1) is 25.9. The van der Waals surface area contributed by atoms with Gasteiger partial charge in [-0.1, -0.05) is 44.2 Å². The van der Waals surface area contributed by atoms with Gasteiger partial charge in [0.2, 0.25) is 0 Å². The minimum absolute atomic E-state index is 0.0370. The number of nitrogens with zero attached hydrogens (tertiary/aromatic N) is 1. The molecule has 3 fully saturated rings. The lowest BCUT2D eigenvalue weighted by Gasteiger charge is -2.67. The molecule has 40 heavy (non-hydrogen) atoms. The molecule has 2 aliphatic heterocycles. The lowest BCUT2D eigenvalue weighted by Crippen LogP contribution is -2.71. The Hall–Kier alpha value is -3.04. The van der Waals surface area contributed by atoms with E-state index < -0.39 is 46.5 Å². The largest absolute Gasteiger partial charge is 0.484 e. The molecule has 210 valence electrons. The van der Waals surface area contributed by atoms with Gasteiger partial charge in [0.25, 0.3) is 0 Å². The summed E-state index contributed by atoms with van der Waals surface area (Å²) in [6.45, 7) is 6.68. The van der Waals surface area contributed by atoms with Crippen molar-refractivity contribution in [3.8, 4) is 17.1 Å². The Kier molecular flexibility index (Phi) is 5.81. The molecule has 2 aliphatic carbocycles. The molecule has 0 amide bonds. The third-order valence-electron chi connectivity index (χ3n) is 10.5. The van der Waals surface area contributed by atoms with E-state index in [1.54, 1.807) is 30.6 Å². The van der Waals surface area contributed by atoms with Gasteiger partial charge in [0.05, 0.1) is 24.9 Å². The van der Waals surface area contributed by atoms with E-state index in [-0.39, 0.29) is 23.3 Å². The van der Waals surface area contributed by atoms with Crippen molar-refractivity contribution in [2.75, 3.05) is 6.61 Å². The number of aromatic nitrogens is 1. The first-order valence-electron chi connectivity index (χ1n) is 14.1. The highest BCUT2D eigenvalue weighted by atomic mass is 16.7. The third-order valence-corrected chi connectivity index (χ3v) is 10.5. The quantitative estimate of drug-likeness (QED) is 0.472. The van der Waals surface area contributed by atoms with Gasteiger partial charge in [-0.05, 0) is 49.7 Å². The van der Waals surface area contributed by atoms with Gasteiger partial charge in [-0.2, -0.15) is 0 Å². The maximum Gasteiger partial charge on any atom is 0.345 e. The summed E-state index contributed by atoms with van der Waals surface area (Å²) in [5, 5.41) is 23.7. The SMILES string of the molecule is CC12COC(c3ccccc3)O[C@H]1CC[C@@]1(C)C2C[C@H](O)[C@@]2(C)Oc3cc(-c4cccnc4)oc(=O)c3[C@H](O)C12. The highest BCUT2D eigenvalue weighted by molar-refractivity contribution is 5.59. The molecule has 4 aliphatic rings. The number of hydrogen-bond acceptors (Lipinski definition) is 8. The lowest BCUT2D eigenvalue weighted by molar-refractivity contribution is -0.330. The van der Waals surface area contributed by atoms with Crippen LogP contribution in [-0.2, 0) is 9.47 Å². The number of hydrogen-bond donors (Lipinski definition) is 2. The second-order valence-electron chi connectivity index (χ2n) is 12.7. The average molecular weight is 546 g/mol. The molecule has 4 unspecified atom stereocenters. The summed E-state index contributed by atoms with van der Waals surface area (Å²) in [6.07, 6.45) is 2.69. The van der Waals surface area contributed by atoms with Gasteiger partial charge in [0.1, 0.15) is 22.7 Å². The molecule has 1 saturated heterocycles. The van der Waals surface area contributed by atoms with Crippen LogP contribution in [0, 0.1) is 22.7 Å². The Balaban J connectivity index is 1.26. The van der Waals surface area contributed by atoms with Crippen molar-refractivity contribution in [1.29, 1.82) is 0 Å². The van der Waals surface area contributed by atoms with E-state index in [2.05, 4.69) is 18.8 Å². The van der Waals surface area contributed by atoms with Crippen LogP contribution in [0.25, 0.3) is 11.3 Å². The fourth-order valence-electron chi connectivity index (χ4n) is 8.49. The highest BCUT2D eigenvalue weighted by Crippen LogP contribution is 2.68. The van der Waals surface area contributed by atoms with E-state index in [1.165, 1.54) is 0 Å². The normalized spacial score (nSPS) is 40.1. The van der Waals surface area contributed by atoms with Crippen molar-refractivity contribution >= 4 is 0 Å². The monoisotopic (exact) mass is 545 g/mol. The maximum absolute atomic E-state index is 13.3. The summed E-state index contributed by atoms with van der Waals surface area (Å²) in [5.74, 6) is -0.0292. The van der Waals surface area contributed by atoms with Crippen LogP contribution < -0.4 is 10.4 Å². The summed E-state index contributed by atoms with van der Waals surface area (Å²) in [7, 11) is 0. The van der Waals surface area contributed by atoms with E-state index in [0.29, 0.717) is 24.4 Å². The van der Waals surface area contributed by atoms with E-state index in [9.17, 15) is 15.0 Å². The van der Waals surface area contributed by atoms with Crippen molar-refractivity contribution < 1.29 is 28.8 Å². The average Bonchev–Trinajstić information content (AvgIpc) is 2.94. The molecule has 2 aromatic heterocycles. The Morgan fingerprint density at radius 2 is 1.82 bits per heavy atom. The standard InChI is InChI=1S/C32H35NO7/c1-30-12-11-24-31(2,17-37-29(39-24)18-8-5-4-6-9-18)22(30)15-23(34)32(3)27(30)26(35)25-21(40-32)14-20(38-28(25)36)19-10-7-13-33-16-19/h4-10,13-14,16,22-24,26-27,29,34-35H,11-12,15,17H2,1-3H3/t22?,23-,24-,26-,27?,29?,30-,31?,32+/m0/s1. The number of pyridine rings is 1. The summed E-state index contributed by atoms with van der Waals surface area (Å²) in [6, 6.07) is 15.1. The summed E-state index contributed by atoms with van der Waals surface area (Å²) in [5.41, 5.74) is -0.880. The predicted octanol–water partition coefficient (Wildman–Crippen LogP) is 4.80. The van der Waals surface area contributed by atoms with Crippen molar-refractivity contribution in [3.63, 3.8) is 0 Å². The molecule has 8 nitrogen and oxygen atoms in total. The van der Waals surface area contributed by atoms with Gasteiger partial charge < -0.3 is 28.8 Å². The smallest absolute Gasteiger partial charge is 0.345 e. The predicted molar refractivity (Wildman–Crippen MR) is 145 cm³/mol. The molecule has 0 radical (unpaired) electrons. The molecule has 2 N–H and O–H groups in total. The minimum Gasteiger partial charge on any atom is -0.484 e. The van der Waals surface area contributed by atoms with Gasteiger partial charge in [-0.15, -0.1) is 0 Å². The van der Waals surface area contributed by atoms with Crippen LogP contribution >= 0.6 is 0 Å². The number of ether oxygens (including phenoxy) is 3. The van der Waals surface area contributed by atoms with Crippen molar-refractivity contribution in [2.24, 2.45) is 22.7 Å². The van der Waals surface area contributed by atoms with Crippen LogP contribution in [0.4, 0.5) is 0 Å². The van der Waals surface area contributed by atoms with E-state index >= 15 is 0 Å². The van der Waals surface area contributed by atoms with E-state index in [4.69, 9.17) is 18.6 Å². The molecule has 3 aromatic rings. The first-order chi connectivity index (χ1) is 19.1. The van der Waals surface area contributed by atoms with Gasteiger partial charge in [0.15, 0.2) is 6.29 Å². The number of aliphatic hydroxyl groups is 2. The molecule has 9 atom stereocenters.